The number of amides is 2. The Hall–Kier alpha value is -1.14. The van der Waals surface area contributed by atoms with Crippen LogP contribution in [-0.4, -0.2) is 61.2 Å². The van der Waals surface area contributed by atoms with Gasteiger partial charge in [0.05, 0.1) is 12.1 Å². The zero-order chi connectivity index (χ0) is 13.5. The van der Waals surface area contributed by atoms with Crippen molar-refractivity contribution in [2.45, 2.75) is 25.8 Å². The standard InChI is InChI=1S/C11H23N3O3/c1-11(2,8-15)13-10(17)9(16)12-6-5-7-14(3)4/h15H,5-8H2,1-4H3,(H,12,16)(H,13,17). The molecule has 6 heteroatoms. The lowest BCUT2D eigenvalue weighted by atomic mass is 10.1. The summed E-state index contributed by atoms with van der Waals surface area (Å²) in [7, 11) is 3.89. The first kappa shape index (κ1) is 15.9. The van der Waals surface area contributed by atoms with Gasteiger partial charge in [-0.05, 0) is 40.9 Å². The highest BCUT2D eigenvalue weighted by Gasteiger charge is 2.23. The first-order valence-corrected chi connectivity index (χ1v) is 5.64. The van der Waals surface area contributed by atoms with Crippen molar-refractivity contribution in [3.63, 3.8) is 0 Å². The SMILES string of the molecule is CN(C)CCCNC(=O)C(=O)NC(C)(C)CO. The Morgan fingerprint density at radius 3 is 2.29 bits per heavy atom. The molecule has 0 radical (unpaired) electrons. The predicted molar refractivity (Wildman–Crippen MR) is 65.5 cm³/mol. The summed E-state index contributed by atoms with van der Waals surface area (Å²) in [5.41, 5.74) is -0.780. The van der Waals surface area contributed by atoms with E-state index in [4.69, 9.17) is 5.11 Å². The van der Waals surface area contributed by atoms with Crippen molar-refractivity contribution in [2.24, 2.45) is 0 Å². The number of hydrogen-bond donors (Lipinski definition) is 3. The van der Waals surface area contributed by atoms with Crippen LogP contribution in [0.5, 0.6) is 0 Å². The molecule has 0 atom stereocenters. The van der Waals surface area contributed by atoms with E-state index in [2.05, 4.69) is 10.6 Å². The van der Waals surface area contributed by atoms with Crippen molar-refractivity contribution >= 4 is 11.8 Å². The van der Waals surface area contributed by atoms with Crippen molar-refractivity contribution in [3.8, 4) is 0 Å². The number of nitrogens with zero attached hydrogens (tertiary/aromatic N) is 1. The van der Waals surface area contributed by atoms with Crippen LogP contribution in [0.4, 0.5) is 0 Å². The zero-order valence-corrected chi connectivity index (χ0v) is 11.0. The average Bonchev–Trinajstić information content (AvgIpc) is 2.23. The third kappa shape index (κ3) is 7.70. The molecule has 0 unspecified atom stereocenters. The molecule has 0 spiro atoms. The Morgan fingerprint density at radius 2 is 1.82 bits per heavy atom. The summed E-state index contributed by atoms with van der Waals surface area (Å²) < 4.78 is 0. The maximum absolute atomic E-state index is 11.4. The van der Waals surface area contributed by atoms with Crippen LogP contribution in [0.2, 0.25) is 0 Å². The smallest absolute Gasteiger partial charge is 0.309 e. The fourth-order valence-electron chi connectivity index (χ4n) is 1.08. The molecule has 0 aliphatic carbocycles. The number of nitrogens with one attached hydrogen (secondary N) is 2. The molecule has 2 amide bonds. The molecule has 0 aliphatic heterocycles. The third-order valence-corrected chi connectivity index (χ3v) is 2.12. The van der Waals surface area contributed by atoms with Gasteiger partial charge in [0.25, 0.3) is 0 Å². The average molecular weight is 245 g/mol. The number of aliphatic hydroxyl groups is 1. The van der Waals surface area contributed by atoms with E-state index in [0.717, 1.165) is 13.0 Å². The zero-order valence-electron chi connectivity index (χ0n) is 11.0. The largest absolute Gasteiger partial charge is 0.394 e. The van der Waals surface area contributed by atoms with Gasteiger partial charge >= 0.3 is 11.8 Å². The molecule has 0 saturated carbocycles. The van der Waals surface area contributed by atoms with Crippen molar-refractivity contribution in [2.75, 3.05) is 33.8 Å². The summed E-state index contributed by atoms with van der Waals surface area (Å²) in [5, 5.41) is 13.9. The van der Waals surface area contributed by atoms with Gasteiger partial charge in [0.15, 0.2) is 0 Å². The van der Waals surface area contributed by atoms with Gasteiger partial charge in [-0.25, -0.2) is 0 Å². The summed E-state index contributed by atoms with van der Waals surface area (Å²) in [6.45, 7) is 4.38. The van der Waals surface area contributed by atoms with Crippen LogP contribution < -0.4 is 10.6 Å². The molecule has 100 valence electrons. The highest BCUT2D eigenvalue weighted by molar-refractivity contribution is 6.35. The number of rotatable bonds is 6. The van der Waals surface area contributed by atoms with Gasteiger partial charge in [0.2, 0.25) is 0 Å². The lowest BCUT2D eigenvalue weighted by Crippen LogP contribution is -2.51. The number of aliphatic hydroxyl groups excluding tert-OH is 1. The van der Waals surface area contributed by atoms with Gasteiger partial charge in [-0.1, -0.05) is 0 Å². The Kier molecular flexibility index (Phi) is 6.75. The minimum atomic E-state index is -0.780. The highest BCUT2D eigenvalue weighted by Crippen LogP contribution is 1.98. The second kappa shape index (κ2) is 7.24. The number of carbonyl (C=O) groups excluding carboxylic acids is 2. The Labute approximate surface area is 102 Å². The van der Waals surface area contributed by atoms with E-state index in [1.807, 2.05) is 19.0 Å². The van der Waals surface area contributed by atoms with Gasteiger partial charge in [-0.15, -0.1) is 0 Å². The minimum Gasteiger partial charge on any atom is -0.394 e. The lowest BCUT2D eigenvalue weighted by molar-refractivity contribution is -0.140. The predicted octanol–water partition coefficient (Wildman–Crippen LogP) is -1.06. The maximum Gasteiger partial charge on any atom is 0.309 e. The van der Waals surface area contributed by atoms with E-state index in [-0.39, 0.29) is 6.61 Å². The quantitative estimate of drug-likeness (QED) is 0.411. The molecular weight excluding hydrogens is 222 g/mol. The molecular formula is C11H23N3O3. The molecule has 0 aromatic carbocycles. The Bertz CT molecular complexity index is 265. The van der Waals surface area contributed by atoms with E-state index in [9.17, 15) is 9.59 Å². The van der Waals surface area contributed by atoms with E-state index < -0.39 is 17.4 Å². The fraction of sp³-hybridized carbons (Fsp3) is 0.818. The maximum atomic E-state index is 11.4. The second-order valence-corrected chi connectivity index (χ2v) is 4.91. The molecule has 0 fully saturated rings. The molecule has 0 rings (SSSR count). The van der Waals surface area contributed by atoms with Crippen molar-refractivity contribution in [1.29, 1.82) is 0 Å². The molecule has 6 nitrogen and oxygen atoms in total. The van der Waals surface area contributed by atoms with Crippen molar-refractivity contribution in [3.05, 3.63) is 0 Å². The summed E-state index contributed by atoms with van der Waals surface area (Å²) in [4.78, 5) is 24.8. The van der Waals surface area contributed by atoms with Crippen molar-refractivity contribution in [1.82, 2.24) is 15.5 Å². The molecule has 0 bridgehead atoms. The van der Waals surface area contributed by atoms with Gasteiger partial charge in [-0.2, -0.15) is 0 Å². The van der Waals surface area contributed by atoms with E-state index in [0.29, 0.717) is 6.54 Å². The fourth-order valence-corrected chi connectivity index (χ4v) is 1.08. The summed E-state index contributed by atoms with van der Waals surface area (Å²) in [6, 6.07) is 0. The minimum absolute atomic E-state index is 0.216. The second-order valence-electron chi connectivity index (χ2n) is 4.91. The number of carbonyl (C=O) groups is 2. The first-order chi connectivity index (χ1) is 7.78. The van der Waals surface area contributed by atoms with Crippen LogP contribution >= 0.6 is 0 Å². The topological polar surface area (TPSA) is 81.7 Å². The van der Waals surface area contributed by atoms with Crippen LogP contribution in [-0.2, 0) is 9.59 Å². The summed E-state index contributed by atoms with van der Waals surface area (Å²) >= 11 is 0. The highest BCUT2D eigenvalue weighted by atomic mass is 16.3. The monoisotopic (exact) mass is 245 g/mol. The van der Waals surface area contributed by atoms with E-state index >= 15 is 0 Å². The molecule has 17 heavy (non-hydrogen) atoms. The van der Waals surface area contributed by atoms with Gasteiger partial charge in [0, 0.05) is 6.54 Å². The van der Waals surface area contributed by atoms with Crippen LogP contribution in [0.3, 0.4) is 0 Å². The molecule has 0 aromatic heterocycles. The van der Waals surface area contributed by atoms with Gasteiger partial charge < -0.3 is 20.6 Å². The molecule has 0 aliphatic rings. The van der Waals surface area contributed by atoms with E-state index in [1.165, 1.54) is 0 Å². The van der Waals surface area contributed by atoms with Crippen LogP contribution in [0.15, 0.2) is 0 Å². The van der Waals surface area contributed by atoms with Gasteiger partial charge in [-0.3, -0.25) is 9.59 Å². The van der Waals surface area contributed by atoms with Gasteiger partial charge in [0.1, 0.15) is 0 Å². The Morgan fingerprint density at radius 1 is 1.24 bits per heavy atom. The molecule has 0 heterocycles. The molecule has 0 saturated heterocycles. The molecule has 3 N–H and O–H groups in total. The first-order valence-electron chi connectivity index (χ1n) is 5.64. The third-order valence-electron chi connectivity index (χ3n) is 2.12. The normalized spacial score (nSPS) is 11.4. The van der Waals surface area contributed by atoms with E-state index in [1.54, 1.807) is 13.8 Å². The van der Waals surface area contributed by atoms with Crippen molar-refractivity contribution < 1.29 is 14.7 Å². The van der Waals surface area contributed by atoms with Crippen LogP contribution in [0, 0.1) is 0 Å². The summed E-state index contributed by atoms with van der Waals surface area (Å²) in [6.07, 6.45) is 0.787. The van der Waals surface area contributed by atoms with Crippen LogP contribution in [0.25, 0.3) is 0 Å². The number of hydrogen-bond acceptors (Lipinski definition) is 4. The lowest BCUT2D eigenvalue weighted by Gasteiger charge is -2.22. The Balaban J connectivity index is 3.87. The van der Waals surface area contributed by atoms with Crippen LogP contribution in [0.1, 0.15) is 20.3 Å². The molecule has 0 aromatic rings. The summed E-state index contributed by atoms with van der Waals surface area (Å²) in [5.74, 6) is -1.38.